The second-order valence-electron chi connectivity index (χ2n) is 6.99. The van der Waals surface area contributed by atoms with E-state index in [1.54, 1.807) is 55.9 Å². The lowest BCUT2D eigenvalue weighted by molar-refractivity contribution is -0.136. The van der Waals surface area contributed by atoms with E-state index >= 15 is 0 Å². The summed E-state index contributed by atoms with van der Waals surface area (Å²) in [5, 5.41) is 0. The molecule has 0 fully saturated rings. The van der Waals surface area contributed by atoms with Gasteiger partial charge in [0, 0.05) is 24.8 Å². The highest BCUT2D eigenvalue weighted by Crippen LogP contribution is 2.37. The highest BCUT2D eigenvalue weighted by molar-refractivity contribution is 7.07. The number of aromatic nitrogens is 3. The monoisotopic (exact) mass is 464 g/mol. The zero-order valence-corrected chi connectivity index (χ0v) is 18.7. The van der Waals surface area contributed by atoms with E-state index in [-0.39, 0.29) is 28.2 Å². The minimum absolute atomic E-state index is 0.0334. The van der Waals surface area contributed by atoms with Crippen LogP contribution in [0.5, 0.6) is 0 Å². The van der Waals surface area contributed by atoms with Crippen LogP contribution in [0.4, 0.5) is 0 Å². The molecular weight excluding hydrogens is 444 g/mol. The van der Waals surface area contributed by atoms with Crippen LogP contribution in [0.25, 0.3) is 17.5 Å². The van der Waals surface area contributed by atoms with Crippen molar-refractivity contribution in [1.82, 2.24) is 14.5 Å². The Balaban J connectivity index is 2.13. The summed E-state index contributed by atoms with van der Waals surface area (Å²) < 4.78 is 12.0. The first-order valence-electron chi connectivity index (χ1n) is 10.0. The molecule has 1 aliphatic rings. The molecule has 3 aromatic rings. The Morgan fingerprint density at radius 1 is 1.15 bits per heavy atom. The van der Waals surface area contributed by atoms with Gasteiger partial charge in [-0.1, -0.05) is 12.1 Å². The lowest BCUT2D eigenvalue weighted by Gasteiger charge is -2.26. The number of hydrogen-bond donors (Lipinski definition) is 1. The average molecular weight is 465 g/mol. The molecule has 3 aromatic heterocycles. The second kappa shape index (κ2) is 9.21. The van der Waals surface area contributed by atoms with Crippen molar-refractivity contribution in [3.8, 4) is 0 Å². The molecule has 0 amide bonds. The van der Waals surface area contributed by atoms with Crippen LogP contribution >= 0.6 is 11.3 Å². The third-order valence-corrected chi connectivity index (χ3v) is 6.16. The van der Waals surface area contributed by atoms with E-state index in [4.69, 9.17) is 15.2 Å². The zero-order valence-electron chi connectivity index (χ0n) is 17.8. The molecule has 4 heterocycles. The summed E-state index contributed by atoms with van der Waals surface area (Å²) in [5.41, 5.74) is 7.23. The lowest BCUT2D eigenvalue weighted by atomic mass is 9.84. The molecule has 9 nitrogen and oxygen atoms in total. The van der Waals surface area contributed by atoms with E-state index in [0.29, 0.717) is 15.7 Å². The average Bonchev–Trinajstić information content (AvgIpc) is 3.15. The minimum atomic E-state index is -0.922. The number of carbonyl (C=O) groups is 2. The topological polar surface area (TPSA) is 126 Å². The van der Waals surface area contributed by atoms with Crippen LogP contribution in [0.3, 0.4) is 0 Å². The summed E-state index contributed by atoms with van der Waals surface area (Å²) in [6.07, 6.45) is 7.99. The van der Waals surface area contributed by atoms with Crippen molar-refractivity contribution in [2.75, 3.05) is 13.7 Å². The van der Waals surface area contributed by atoms with Crippen LogP contribution in [0.2, 0.25) is 0 Å². The Bertz CT molecular complexity index is 1420. The number of rotatable bonds is 5. The van der Waals surface area contributed by atoms with Crippen molar-refractivity contribution >= 4 is 40.7 Å². The fourth-order valence-corrected chi connectivity index (χ4v) is 4.82. The molecule has 0 radical (unpaired) electrons. The van der Waals surface area contributed by atoms with Gasteiger partial charge in [-0.3, -0.25) is 19.3 Å². The zero-order chi connectivity index (χ0) is 23.5. The van der Waals surface area contributed by atoms with E-state index in [1.165, 1.54) is 13.3 Å². The number of hydrogen-bond acceptors (Lipinski definition) is 9. The van der Waals surface area contributed by atoms with Crippen LogP contribution in [0.15, 0.2) is 59.4 Å². The molecule has 0 unspecified atom stereocenters. The number of esters is 2. The van der Waals surface area contributed by atoms with Crippen molar-refractivity contribution < 1.29 is 19.1 Å². The van der Waals surface area contributed by atoms with Gasteiger partial charge in [0.2, 0.25) is 0 Å². The first-order chi connectivity index (χ1) is 16.0. The summed E-state index contributed by atoms with van der Waals surface area (Å²) in [5.74, 6) is -2.45. The molecular formula is C23H20N4O5S. The normalized spacial score (nSPS) is 15.9. The molecule has 0 aromatic carbocycles. The van der Waals surface area contributed by atoms with Crippen LogP contribution < -0.4 is 20.5 Å². The van der Waals surface area contributed by atoms with E-state index in [1.807, 2.05) is 0 Å². The van der Waals surface area contributed by atoms with Gasteiger partial charge < -0.3 is 15.2 Å². The van der Waals surface area contributed by atoms with Crippen LogP contribution in [0.1, 0.15) is 24.0 Å². The Kier molecular flexibility index (Phi) is 6.18. The van der Waals surface area contributed by atoms with Crippen molar-refractivity contribution in [2.45, 2.75) is 12.8 Å². The molecule has 1 atom stereocenters. The summed E-state index contributed by atoms with van der Waals surface area (Å²) in [6, 6.07) is 6.94. The number of nitrogens with zero attached hydrogens (tertiary/aromatic N) is 3. The van der Waals surface area contributed by atoms with Gasteiger partial charge in [0.1, 0.15) is 10.5 Å². The maximum absolute atomic E-state index is 13.3. The van der Waals surface area contributed by atoms with Gasteiger partial charge in [-0.05, 0) is 36.3 Å². The number of methoxy groups -OCH3 is 1. The fraction of sp³-hybridized carbons (Fsp3) is 0.174. The molecule has 0 saturated carbocycles. The SMILES string of the molecule is CCOC(=O)C1=c2sc(=Cc3cccnc3)c(=O)n2C(N)=C(C(=O)OC)[C@@H]1c1cccnc1. The molecule has 33 heavy (non-hydrogen) atoms. The lowest BCUT2D eigenvalue weighted by Crippen LogP contribution is -2.41. The molecule has 1 aliphatic heterocycles. The smallest absolute Gasteiger partial charge is 0.338 e. The largest absolute Gasteiger partial charge is 0.466 e. The number of pyridine rings is 2. The van der Waals surface area contributed by atoms with E-state index in [2.05, 4.69) is 9.97 Å². The van der Waals surface area contributed by atoms with Crippen molar-refractivity contribution in [1.29, 1.82) is 0 Å². The predicted molar refractivity (Wildman–Crippen MR) is 122 cm³/mol. The summed E-state index contributed by atoms with van der Waals surface area (Å²) >= 11 is 1.09. The number of nitrogens with two attached hydrogens (primary N) is 1. The van der Waals surface area contributed by atoms with E-state index in [0.717, 1.165) is 15.9 Å². The number of thiazole rings is 1. The van der Waals surface area contributed by atoms with Crippen molar-refractivity contribution in [3.63, 3.8) is 0 Å². The molecule has 0 bridgehead atoms. The summed E-state index contributed by atoms with van der Waals surface area (Å²) in [7, 11) is 1.21. The van der Waals surface area contributed by atoms with E-state index in [9.17, 15) is 14.4 Å². The fourth-order valence-electron chi connectivity index (χ4n) is 3.66. The van der Waals surface area contributed by atoms with Gasteiger partial charge in [0.05, 0.1) is 35.3 Å². The standard InChI is InChI=1S/C23H20N4O5S/c1-3-32-23(30)18-16(14-7-5-9-26-12-14)17(22(29)31-2)19(24)27-20(28)15(33-21(18)27)10-13-6-4-8-25-11-13/h4-12,16H,3,24H2,1-2H3/t16-/m0/s1. The first-order valence-corrected chi connectivity index (χ1v) is 10.8. The molecule has 0 aliphatic carbocycles. The molecule has 0 spiro atoms. The maximum atomic E-state index is 13.3. The van der Waals surface area contributed by atoms with Gasteiger partial charge in [-0.25, -0.2) is 9.59 Å². The quantitative estimate of drug-likeness (QED) is 0.536. The maximum Gasteiger partial charge on any atom is 0.338 e. The minimum Gasteiger partial charge on any atom is -0.466 e. The predicted octanol–water partition coefficient (Wildman–Crippen LogP) is 0.340. The Labute approximate surface area is 192 Å². The molecule has 2 N–H and O–H groups in total. The van der Waals surface area contributed by atoms with Crippen molar-refractivity contribution in [3.05, 3.63) is 85.3 Å². The van der Waals surface area contributed by atoms with Gasteiger partial charge >= 0.3 is 11.9 Å². The summed E-state index contributed by atoms with van der Waals surface area (Å²) in [6.45, 7) is 1.79. The second-order valence-corrected chi connectivity index (χ2v) is 8.02. The molecule has 4 rings (SSSR count). The molecule has 0 saturated heterocycles. The Morgan fingerprint density at radius 2 is 1.88 bits per heavy atom. The Morgan fingerprint density at radius 3 is 2.48 bits per heavy atom. The highest BCUT2D eigenvalue weighted by Gasteiger charge is 2.39. The summed E-state index contributed by atoms with van der Waals surface area (Å²) in [4.78, 5) is 47.5. The molecule has 168 valence electrons. The van der Waals surface area contributed by atoms with Crippen LogP contribution in [-0.4, -0.2) is 40.2 Å². The third kappa shape index (κ3) is 3.96. The third-order valence-electron chi connectivity index (χ3n) is 5.05. The molecule has 10 heteroatoms. The van der Waals surface area contributed by atoms with Gasteiger partial charge in [-0.2, -0.15) is 0 Å². The number of carbonyl (C=O) groups excluding carboxylic acids is 2. The van der Waals surface area contributed by atoms with Gasteiger partial charge in [0.25, 0.3) is 5.56 Å². The van der Waals surface area contributed by atoms with Crippen molar-refractivity contribution in [2.24, 2.45) is 5.73 Å². The first kappa shape index (κ1) is 22.2. The van der Waals surface area contributed by atoms with Gasteiger partial charge in [0.15, 0.2) is 0 Å². The number of ether oxygens (including phenoxy) is 2. The van der Waals surface area contributed by atoms with Gasteiger partial charge in [-0.15, -0.1) is 11.3 Å². The highest BCUT2D eigenvalue weighted by atomic mass is 32.1. The number of fused-ring (bicyclic) bond motifs is 1. The van der Waals surface area contributed by atoms with Crippen LogP contribution in [0, 0.1) is 0 Å². The van der Waals surface area contributed by atoms with E-state index < -0.39 is 23.4 Å². The Hall–Kier alpha value is -4.05. The van der Waals surface area contributed by atoms with Crippen LogP contribution in [-0.2, 0) is 19.1 Å².